The van der Waals surface area contributed by atoms with E-state index in [4.69, 9.17) is 11.6 Å². The Labute approximate surface area is 120 Å². The fourth-order valence-corrected chi connectivity index (χ4v) is 5.98. The van der Waals surface area contributed by atoms with Crippen molar-refractivity contribution in [3.8, 4) is 0 Å². The van der Waals surface area contributed by atoms with E-state index < -0.39 is 0 Å². The van der Waals surface area contributed by atoms with Gasteiger partial charge in [-0.25, -0.2) is 0 Å². The largest absolute Gasteiger partial charge is 0.392 e. The highest BCUT2D eigenvalue weighted by atomic mass is 35.5. The third kappa shape index (κ3) is 3.57. The van der Waals surface area contributed by atoms with Gasteiger partial charge in [0, 0.05) is 32.8 Å². The first-order valence-corrected chi connectivity index (χ1v) is 9.00. The van der Waals surface area contributed by atoms with E-state index in [-0.39, 0.29) is 6.10 Å². The van der Waals surface area contributed by atoms with Crippen molar-refractivity contribution in [2.45, 2.75) is 42.1 Å². The van der Waals surface area contributed by atoms with Gasteiger partial charge in [0.05, 0.1) is 11.1 Å². The summed E-state index contributed by atoms with van der Waals surface area (Å²) in [6, 6.07) is 1.90. The molecule has 0 aromatic carbocycles. The van der Waals surface area contributed by atoms with Crippen molar-refractivity contribution >= 4 is 46.5 Å². The maximum atomic E-state index is 10.3. The Morgan fingerprint density at radius 3 is 2.82 bits per heavy atom. The molecule has 2 heterocycles. The second kappa shape index (κ2) is 6.20. The van der Waals surface area contributed by atoms with Crippen LogP contribution in [0.2, 0.25) is 5.02 Å². The molecule has 4 atom stereocenters. The molecule has 0 radical (unpaired) electrons. The number of thiophene rings is 1. The normalized spacial score (nSPS) is 31.4. The van der Waals surface area contributed by atoms with Crippen molar-refractivity contribution in [2.24, 2.45) is 0 Å². The molecule has 1 aromatic rings. The average molecular weight is 309 g/mol. The van der Waals surface area contributed by atoms with Crippen LogP contribution in [0.4, 0.5) is 0 Å². The molecule has 0 saturated carbocycles. The van der Waals surface area contributed by atoms with Crippen LogP contribution in [0.3, 0.4) is 0 Å². The molecule has 1 aliphatic rings. The number of thioether (sulfide) groups is 2. The molecule has 96 valence electrons. The van der Waals surface area contributed by atoms with Gasteiger partial charge in [0.2, 0.25) is 0 Å². The fraction of sp³-hybridized carbons (Fsp3) is 0.667. The van der Waals surface area contributed by atoms with Crippen molar-refractivity contribution in [2.75, 3.05) is 5.75 Å². The monoisotopic (exact) mass is 308 g/mol. The minimum absolute atomic E-state index is 0.279. The SMILES string of the molecule is CC1SCC(C(O)Cc2sccc2Cl)SC1C. The van der Waals surface area contributed by atoms with Crippen LogP contribution in [-0.2, 0) is 6.42 Å². The number of aliphatic hydroxyl groups is 1. The lowest BCUT2D eigenvalue weighted by atomic mass is 10.2. The number of rotatable bonds is 3. The van der Waals surface area contributed by atoms with E-state index in [9.17, 15) is 5.11 Å². The van der Waals surface area contributed by atoms with E-state index in [2.05, 4.69) is 13.8 Å². The molecule has 1 nitrogen and oxygen atoms in total. The molecule has 0 amide bonds. The van der Waals surface area contributed by atoms with Gasteiger partial charge < -0.3 is 5.11 Å². The van der Waals surface area contributed by atoms with E-state index in [1.807, 2.05) is 35.0 Å². The number of hydrogen-bond donors (Lipinski definition) is 1. The molecule has 4 unspecified atom stereocenters. The highest BCUT2D eigenvalue weighted by molar-refractivity contribution is 8.07. The molecular weight excluding hydrogens is 292 g/mol. The Bertz CT molecular complexity index is 368. The Balaban J connectivity index is 1.92. The Kier molecular flexibility index (Phi) is 5.13. The summed E-state index contributed by atoms with van der Waals surface area (Å²) in [6.45, 7) is 4.51. The zero-order valence-electron chi connectivity index (χ0n) is 9.93. The summed E-state index contributed by atoms with van der Waals surface area (Å²) in [7, 11) is 0. The molecule has 1 N–H and O–H groups in total. The third-order valence-electron chi connectivity index (χ3n) is 3.09. The first kappa shape index (κ1) is 14.1. The second-order valence-electron chi connectivity index (χ2n) is 4.38. The van der Waals surface area contributed by atoms with Crippen molar-refractivity contribution in [1.82, 2.24) is 0 Å². The smallest absolute Gasteiger partial charge is 0.0715 e. The summed E-state index contributed by atoms with van der Waals surface area (Å²) in [5.41, 5.74) is 0. The van der Waals surface area contributed by atoms with Gasteiger partial charge in [0.1, 0.15) is 0 Å². The zero-order valence-corrected chi connectivity index (χ0v) is 13.1. The van der Waals surface area contributed by atoms with Crippen LogP contribution >= 0.6 is 46.5 Å². The van der Waals surface area contributed by atoms with Gasteiger partial charge >= 0.3 is 0 Å². The number of aliphatic hydroxyl groups excluding tert-OH is 1. The van der Waals surface area contributed by atoms with Crippen LogP contribution in [0.5, 0.6) is 0 Å². The van der Waals surface area contributed by atoms with Gasteiger partial charge in [0.15, 0.2) is 0 Å². The van der Waals surface area contributed by atoms with Crippen LogP contribution in [0.15, 0.2) is 11.4 Å². The van der Waals surface area contributed by atoms with Crippen molar-refractivity contribution in [3.63, 3.8) is 0 Å². The molecule has 5 heteroatoms. The average Bonchev–Trinajstić information content (AvgIpc) is 2.68. The first-order chi connectivity index (χ1) is 8.08. The molecular formula is C12H17ClOS3. The Hall–Kier alpha value is 0.650. The maximum Gasteiger partial charge on any atom is 0.0715 e. The summed E-state index contributed by atoms with van der Waals surface area (Å²) in [5, 5.41) is 14.7. The van der Waals surface area contributed by atoms with Crippen molar-refractivity contribution < 1.29 is 5.11 Å². The van der Waals surface area contributed by atoms with E-state index in [1.165, 1.54) is 0 Å². The van der Waals surface area contributed by atoms with Crippen molar-refractivity contribution in [1.29, 1.82) is 0 Å². The zero-order chi connectivity index (χ0) is 12.4. The molecule has 1 aromatic heterocycles. The highest BCUT2D eigenvalue weighted by Crippen LogP contribution is 2.38. The predicted molar refractivity (Wildman–Crippen MR) is 81.8 cm³/mol. The minimum atomic E-state index is -0.279. The Morgan fingerprint density at radius 2 is 2.24 bits per heavy atom. The summed E-state index contributed by atoms with van der Waals surface area (Å²) in [4.78, 5) is 1.11. The molecule has 0 spiro atoms. The molecule has 0 bridgehead atoms. The summed E-state index contributed by atoms with van der Waals surface area (Å²) in [6.07, 6.45) is 0.411. The lowest BCUT2D eigenvalue weighted by Gasteiger charge is -2.33. The van der Waals surface area contributed by atoms with Gasteiger partial charge in [-0.1, -0.05) is 25.4 Å². The van der Waals surface area contributed by atoms with Gasteiger partial charge in [-0.15, -0.1) is 11.3 Å². The van der Waals surface area contributed by atoms with E-state index in [0.29, 0.717) is 22.2 Å². The van der Waals surface area contributed by atoms with Crippen molar-refractivity contribution in [3.05, 3.63) is 21.3 Å². The van der Waals surface area contributed by atoms with Gasteiger partial charge in [0.25, 0.3) is 0 Å². The van der Waals surface area contributed by atoms with E-state index >= 15 is 0 Å². The topological polar surface area (TPSA) is 20.2 Å². The third-order valence-corrected chi connectivity index (χ3v) is 8.03. The van der Waals surface area contributed by atoms with Crippen LogP contribution in [0.1, 0.15) is 18.7 Å². The lowest BCUT2D eigenvalue weighted by Crippen LogP contribution is -2.35. The predicted octanol–water partition coefficient (Wildman–Crippen LogP) is 3.93. The highest BCUT2D eigenvalue weighted by Gasteiger charge is 2.30. The van der Waals surface area contributed by atoms with Gasteiger partial charge in [-0.3, -0.25) is 0 Å². The summed E-state index contributed by atoms with van der Waals surface area (Å²) >= 11 is 11.6. The number of hydrogen-bond acceptors (Lipinski definition) is 4. The summed E-state index contributed by atoms with van der Waals surface area (Å²) < 4.78 is 0. The summed E-state index contributed by atoms with van der Waals surface area (Å²) in [5.74, 6) is 1.04. The quantitative estimate of drug-likeness (QED) is 0.913. The van der Waals surface area contributed by atoms with E-state index in [1.54, 1.807) is 11.3 Å². The van der Waals surface area contributed by atoms with E-state index in [0.717, 1.165) is 15.7 Å². The lowest BCUT2D eigenvalue weighted by molar-refractivity contribution is 0.178. The second-order valence-corrected chi connectivity index (χ2v) is 8.82. The maximum absolute atomic E-state index is 10.3. The fourth-order valence-electron chi connectivity index (χ4n) is 1.80. The van der Waals surface area contributed by atoms with Crippen LogP contribution in [0.25, 0.3) is 0 Å². The molecule has 1 saturated heterocycles. The minimum Gasteiger partial charge on any atom is -0.392 e. The molecule has 0 aliphatic carbocycles. The molecule has 17 heavy (non-hydrogen) atoms. The van der Waals surface area contributed by atoms with Crippen LogP contribution in [-0.4, -0.2) is 32.7 Å². The van der Waals surface area contributed by atoms with Crippen LogP contribution in [0, 0.1) is 0 Å². The molecule has 2 rings (SSSR count). The molecule has 1 aliphatic heterocycles. The standard InChI is InChI=1S/C12H17ClOS3/c1-7-8(2)17-12(6-16-7)10(14)5-11-9(13)3-4-15-11/h3-4,7-8,10,12,14H,5-6H2,1-2H3. The Morgan fingerprint density at radius 1 is 1.47 bits per heavy atom. The molecule has 1 fully saturated rings. The van der Waals surface area contributed by atoms with Gasteiger partial charge in [-0.2, -0.15) is 23.5 Å². The first-order valence-electron chi connectivity index (χ1n) is 5.75. The van der Waals surface area contributed by atoms with Gasteiger partial charge in [-0.05, 0) is 11.4 Å². The number of halogens is 1. The van der Waals surface area contributed by atoms with Crippen LogP contribution < -0.4 is 0 Å².